The van der Waals surface area contributed by atoms with Gasteiger partial charge in [-0.05, 0) is 86.6 Å². The number of para-hydroxylation sites is 1. The van der Waals surface area contributed by atoms with Crippen molar-refractivity contribution in [3.63, 3.8) is 0 Å². The molecule has 3 fully saturated rings. The molecule has 10 rings (SSSR count). The molecule has 3 aliphatic rings. The fraction of sp³-hybridized carbons (Fsp3) is 0.367. The van der Waals surface area contributed by atoms with E-state index in [2.05, 4.69) is 47.3 Å². The van der Waals surface area contributed by atoms with Crippen LogP contribution in [0.1, 0.15) is 93.1 Å². The number of phenolic OH excluding ortho intramolecular Hbond substituents is 1. The number of amides is 2. The lowest BCUT2D eigenvalue weighted by Gasteiger charge is -2.29. The summed E-state index contributed by atoms with van der Waals surface area (Å²) in [5, 5.41) is 38.0. The summed E-state index contributed by atoms with van der Waals surface area (Å²) in [5.74, 6) is 0.177. The van der Waals surface area contributed by atoms with E-state index >= 15 is 0 Å². The molecule has 5 aromatic heterocycles. The highest BCUT2D eigenvalue weighted by Gasteiger charge is 2.44. The normalized spacial score (nSPS) is 19.8. The molecule has 2 amide bonds. The zero-order valence-corrected chi connectivity index (χ0v) is 37.1. The number of likely N-dealkylation sites (tertiary alicyclic amines) is 1. The Balaban J connectivity index is 0.830. The maximum absolute atomic E-state index is 14.4. The van der Waals surface area contributed by atoms with Gasteiger partial charge in [0, 0.05) is 67.1 Å². The topological polar surface area (TPSA) is 176 Å². The second kappa shape index (κ2) is 16.9. The van der Waals surface area contributed by atoms with Crippen molar-refractivity contribution in [1.82, 2.24) is 40.1 Å². The third kappa shape index (κ3) is 7.91. The molecule has 328 valence electrons. The first-order valence-corrected chi connectivity index (χ1v) is 23.0. The minimum Gasteiger partial charge on any atom is -0.507 e. The molecular formula is C49H51N9O5S. The first-order valence-electron chi connectivity index (χ1n) is 22.1. The van der Waals surface area contributed by atoms with Crippen molar-refractivity contribution < 1.29 is 24.3 Å². The number of fused-ring (bicyclic) bond motifs is 1. The van der Waals surface area contributed by atoms with E-state index in [9.17, 15) is 19.8 Å². The van der Waals surface area contributed by atoms with E-state index in [1.54, 1.807) is 29.7 Å². The molecular weight excluding hydrogens is 827 g/mol. The Labute approximate surface area is 375 Å². The summed E-state index contributed by atoms with van der Waals surface area (Å²) in [6.07, 6.45) is 4.28. The van der Waals surface area contributed by atoms with Crippen LogP contribution in [0.2, 0.25) is 0 Å². The van der Waals surface area contributed by atoms with Crippen LogP contribution in [0, 0.1) is 12.8 Å². The third-order valence-electron chi connectivity index (χ3n) is 13.1. The summed E-state index contributed by atoms with van der Waals surface area (Å²) in [4.78, 5) is 42.3. The van der Waals surface area contributed by atoms with Crippen LogP contribution in [0.3, 0.4) is 0 Å². The molecule has 3 N–H and O–H groups in total. The number of carbonyl (C=O) groups excluding carboxylic acids is 2. The molecule has 14 nitrogen and oxygen atoms in total. The number of phenols is 1. The highest BCUT2D eigenvalue weighted by Crippen LogP contribution is 2.44. The van der Waals surface area contributed by atoms with Crippen molar-refractivity contribution in [1.29, 1.82) is 0 Å². The molecule has 5 atom stereocenters. The number of β-amino-alcohol motifs (C(OH)–C–C–N with tert-alkyl or cyclic N) is 1. The Hall–Kier alpha value is -6.45. The lowest BCUT2D eigenvalue weighted by atomic mass is 9.91. The number of aromatic hydroxyl groups is 1. The Bertz CT molecular complexity index is 2850. The van der Waals surface area contributed by atoms with Gasteiger partial charge >= 0.3 is 0 Å². The van der Waals surface area contributed by atoms with Crippen LogP contribution >= 0.6 is 11.3 Å². The van der Waals surface area contributed by atoms with Gasteiger partial charge in [-0.2, -0.15) is 0 Å². The number of hydrogen-bond acceptors (Lipinski definition) is 12. The maximum atomic E-state index is 14.4. The van der Waals surface area contributed by atoms with Crippen LogP contribution in [0.25, 0.3) is 44.0 Å². The smallest absolute Gasteiger partial charge is 0.243 e. The van der Waals surface area contributed by atoms with Crippen LogP contribution in [0.5, 0.6) is 5.75 Å². The monoisotopic (exact) mass is 877 g/mol. The predicted octanol–water partition coefficient (Wildman–Crippen LogP) is 8.19. The number of nitrogens with one attached hydrogen (secondary N) is 1. The first-order chi connectivity index (χ1) is 31.0. The van der Waals surface area contributed by atoms with E-state index in [0.717, 1.165) is 76.5 Å². The Morgan fingerprint density at radius 2 is 1.72 bits per heavy atom. The highest BCUT2D eigenvalue weighted by molar-refractivity contribution is 7.13. The Morgan fingerprint density at radius 1 is 0.906 bits per heavy atom. The van der Waals surface area contributed by atoms with Crippen molar-refractivity contribution in [2.45, 2.75) is 89.4 Å². The van der Waals surface area contributed by atoms with Crippen molar-refractivity contribution >= 4 is 40.0 Å². The van der Waals surface area contributed by atoms with Crippen LogP contribution in [0.15, 0.2) is 95.1 Å². The van der Waals surface area contributed by atoms with Crippen molar-refractivity contribution in [3.05, 3.63) is 113 Å². The first kappa shape index (κ1) is 41.6. The number of anilines is 1. The number of aromatic nitrogens is 6. The fourth-order valence-corrected chi connectivity index (χ4v) is 10.4. The van der Waals surface area contributed by atoms with E-state index < -0.39 is 18.1 Å². The van der Waals surface area contributed by atoms with Gasteiger partial charge in [0.05, 0.1) is 39.4 Å². The molecule has 64 heavy (non-hydrogen) atoms. The summed E-state index contributed by atoms with van der Waals surface area (Å²) in [6, 6.07) is 24.5. The molecule has 7 heterocycles. The highest BCUT2D eigenvalue weighted by atomic mass is 32.1. The second-order valence-corrected chi connectivity index (χ2v) is 18.7. The van der Waals surface area contributed by atoms with Crippen LogP contribution < -0.4 is 10.2 Å². The number of hydrogen-bond donors (Lipinski definition) is 3. The number of aliphatic hydroxyl groups excluding tert-OH is 1. The van der Waals surface area contributed by atoms with E-state index in [1.165, 1.54) is 10.6 Å². The number of carbonyl (C=O) groups is 2. The average Bonchev–Trinajstić information content (AvgIpc) is 3.81. The number of aryl methyl sites for hydroxylation is 1. The largest absolute Gasteiger partial charge is 0.507 e. The fourth-order valence-electron chi connectivity index (χ4n) is 9.56. The second-order valence-electron chi connectivity index (χ2n) is 17.9. The minimum absolute atomic E-state index is 0.0526. The van der Waals surface area contributed by atoms with Gasteiger partial charge in [-0.25, -0.2) is 9.97 Å². The van der Waals surface area contributed by atoms with Gasteiger partial charge in [-0.15, -0.1) is 21.5 Å². The standard InChI is InChI=1S/C49H51N9O5S/c1-27(2)46(49(62)57-25-35(59)20-42(57)48(61)52-28(3)30-9-11-31(12-10-30)47-29(4)51-26-64-47)44-23-37(55-63-44)32-15-17-50-45(19-32)56-18-16-33(24-56)40-22-39-41(58(40)34-13-14-34)21-38(53-54-39)36-7-5-6-8-43(36)60/h5-12,15,17,19,21-23,26-28,33-35,42,46,59-60H,13-14,16,18,20,24-25H2,1-4H3,(H,52,61)/t28-,33+,35+,42-,46?/m0/s1. The molecule has 2 aliphatic heterocycles. The number of aliphatic hydroxyl groups is 1. The van der Waals surface area contributed by atoms with E-state index in [1.807, 2.05) is 87.8 Å². The molecule has 7 aromatic rings. The van der Waals surface area contributed by atoms with E-state index in [0.29, 0.717) is 28.8 Å². The summed E-state index contributed by atoms with van der Waals surface area (Å²) in [6.45, 7) is 9.46. The van der Waals surface area contributed by atoms with Crippen LogP contribution in [-0.4, -0.2) is 88.6 Å². The van der Waals surface area contributed by atoms with Crippen molar-refractivity contribution in [2.24, 2.45) is 5.92 Å². The SMILES string of the molecule is Cc1ncsc1-c1ccc([C@H](C)NC(=O)[C@@H]2C[C@@H](O)CN2C(=O)C(c2cc(-c3ccnc(N4CC[C@@H](c5cc6nnc(-c7ccccc7O)cc6n5C5CC5)C4)c3)no2)C(C)C)cc1. The molecule has 0 radical (unpaired) electrons. The van der Waals surface area contributed by atoms with Gasteiger partial charge in [0.1, 0.15) is 40.5 Å². The van der Waals surface area contributed by atoms with Crippen LogP contribution in [0.4, 0.5) is 5.82 Å². The zero-order valence-electron chi connectivity index (χ0n) is 36.3. The third-order valence-corrected chi connectivity index (χ3v) is 14.1. The average molecular weight is 878 g/mol. The quantitative estimate of drug-likeness (QED) is 0.108. The molecule has 0 spiro atoms. The zero-order chi connectivity index (χ0) is 44.2. The van der Waals surface area contributed by atoms with E-state index in [-0.39, 0.29) is 48.4 Å². The number of benzene rings is 2. The molecule has 1 aliphatic carbocycles. The predicted molar refractivity (Wildman–Crippen MR) is 245 cm³/mol. The molecule has 0 bridgehead atoms. The maximum Gasteiger partial charge on any atom is 0.243 e. The van der Waals surface area contributed by atoms with Crippen LogP contribution in [-0.2, 0) is 9.59 Å². The van der Waals surface area contributed by atoms with Gasteiger partial charge in [0.25, 0.3) is 0 Å². The van der Waals surface area contributed by atoms with E-state index in [4.69, 9.17) is 9.51 Å². The van der Waals surface area contributed by atoms with Gasteiger partial charge in [-0.3, -0.25) is 9.59 Å². The summed E-state index contributed by atoms with van der Waals surface area (Å²) in [7, 11) is 0. The van der Waals surface area contributed by atoms with Gasteiger partial charge in [0.15, 0.2) is 0 Å². The number of nitrogens with zero attached hydrogens (tertiary/aromatic N) is 8. The number of thiazole rings is 1. The molecule has 1 unspecified atom stereocenters. The molecule has 15 heteroatoms. The molecule has 2 saturated heterocycles. The summed E-state index contributed by atoms with van der Waals surface area (Å²) in [5.41, 5.74) is 10.7. The Kier molecular flexibility index (Phi) is 11.0. The van der Waals surface area contributed by atoms with Gasteiger partial charge in [0.2, 0.25) is 11.8 Å². The minimum atomic E-state index is -0.834. The lowest BCUT2D eigenvalue weighted by Crippen LogP contribution is -2.48. The summed E-state index contributed by atoms with van der Waals surface area (Å²) < 4.78 is 8.38. The van der Waals surface area contributed by atoms with Crippen molar-refractivity contribution in [2.75, 3.05) is 24.5 Å². The van der Waals surface area contributed by atoms with Gasteiger partial charge in [-0.1, -0.05) is 55.4 Å². The van der Waals surface area contributed by atoms with Gasteiger partial charge < -0.3 is 34.4 Å². The number of rotatable bonds is 12. The molecule has 1 saturated carbocycles. The summed E-state index contributed by atoms with van der Waals surface area (Å²) >= 11 is 1.59. The lowest BCUT2D eigenvalue weighted by molar-refractivity contribution is -0.141. The number of pyridine rings is 1. The van der Waals surface area contributed by atoms with Crippen molar-refractivity contribution in [3.8, 4) is 38.7 Å². The molecule has 2 aromatic carbocycles. The Morgan fingerprint density at radius 3 is 2.47 bits per heavy atom.